The number of nitrogens with two attached hydrogens (primary N) is 1. The average molecular weight is 228 g/mol. The fourth-order valence-electron chi connectivity index (χ4n) is 1.41. The summed E-state index contributed by atoms with van der Waals surface area (Å²) in [6.45, 7) is 0.621. The smallest absolute Gasteiger partial charge is 0.136 e. The third kappa shape index (κ3) is 1.34. The maximum absolute atomic E-state index is 5.76. The van der Waals surface area contributed by atoms with E-state index < -0.39 is 0 Å². The van der Waals surface area contributed by atoms with Crippen molar-refractivity contribution in [2.75, 3.05) is 6.61 Å². The second kappa shape index (κ2) is 3.07. The van der Waals surface area contributed by atoms with E-state index in [4.69, 9.17) is 10.5 Å². The molecule has 0 radical (unpaired) electrons. The first kappa shape index (κ1) is 8.08. The van der Waals surface area contributed by atoms with E-state index in [0.29, 0.717) is 6.61 Å². The van der Waals surface area contributed by atoms with Crippen LogP contribution in [-0.4, -0.2) is 12.6 Å². The Morgan fingerprint density at radius 2 is 2.33 bits per heavy atom. The van der Waals surface area contributed by atoms with Crippen molar-refractivity contribution in [2.24, 2.45) is 5.73 Å². The van der Waals surface area contributed by atoms with Crippen LogP contribution in [0.25, 0.3) is 0 Å². The summed E-state index contributed by atoms with van der Waals surface area (Å²) in [6, 6.07) is 6.19. The minimum absolute atomic E-state index is 0.145. The Morgan fingerprint density at radius 3 is 3.17 bits per heavy atom. The van der Waals surface area contributed by atoms with Crippen molar-refractivity contribution in [3.63, 3.8) is 0 Å². The summed E-state index contributed by atoms with van der Waals surface area (Å²) in [7, 11) is 0. The van der Waals surface area contributed by atoms with Gasteiger partial charge in [-0.05, 0) is 34.0 Å². The van der Waals surface area contributed by atoms with E-state index in [1.54, 1.807) is 0 Å². The zero-order valence-corrected chi connectivity index (χ0v) is 8.17. The standard InChI is InChI=1S/C9H10BrNO/c10-8-3-1-2-6-4-7(11)5-12-9(6)8/h1-3,7H,4-5,11H2/t7-/m0/s1. The Kier molecular flexibility index (Phi) is 2.07. The van der Waals surface area contributed by atoms with E-state index >= 15 is 0 Å². The molecule has 1 aromatic rings. The molecule has 3 heteroatoms. The topological polar surface area (TPSA) is 35.2 Å². The molecule has 64 valence electrons. The first-order valence-electron chi connectivity index (χ1n) is 3.93. The lowest BCUT2D eigenvalue weighted by Gasteiger charge is -2.22. The molecule has 1 aliphatic rings. The average Bonchev–Trinajstić information content (AvgIpc) is 2.04. The van der Waals surface area contributed by atoms with Crippen molar-refractivity contribution in [1.29, 1.82) is 0 Å². The van der Waals surface area contributed by atoms with E-state index in [2.05, 4.69) is 22.0 Å². The molecule has 1 aromatic carbocycles. The van der Waals surface area contributed by atoms with Gasteiger partial charge >= 0.3 is 0 Å². The molecule has 0 bridgehead atoms. The van der Waals surface area contributed by atoms with Crippen LogP contribution < -0.4 is 10.5 Å². The highest BCUT2D eigenvalue weighted by molar-refractivity contribution is 9.10. The van der Waals surface area contributed by atoms with Crippen LogP contribution in [0.4, 0.5) is 0 Å². The summed E-state index contributed by atoms with van der Waals surface area (Å²) >= 11 is 3.44. The van der Waals surface area contributed by atoms with E-state index in [-0.39, 0.29) is 6.04 Å². The van der Waals surface area contributed by atoms with Crippen LogP contribution in [0.15, 0.2) is 22.7 Å². The number of fused-ring (bicyclic) bond motifs is 1. The summed E-state index contributed by atoms with van der Waals surface area (Å²) in [6.07, 6.45) is 0.911. The van der Waals surface area contributed by atoms with Gasteiger partial charge in [0, 0.05) is 6.04 Å². The highest BCUT2D eigenvalue weighted by Gasteiger charge is 2.17. The second-order valence-corrected chi connectivity index (χ2v) is 3.86. The molecule has 0 spiro atoms. The highest BCUT2D eigenvalue weighted by Crippen LogP contribution is 2.32. The molecule has 0 fully saturated rings. The maximum Gasteiger partial charge on any atom is 0.136 e. The molecule has 1 aliphatic heterocycles. The van der Waals surface area contributed by atoms with Gasteiger partial charge in [-0.1, -0.05) is 12.1 Å². The van der Waals surface area contributed by atoms with Crippen LogP contribution in [0.5, 0.6) is 5.75 Å². The zero-order chi connectivity index (χ0) is 8.55. The fraction of sp³-hybridized carbons (Fsp3) is 0.333. The molecule has 2 N–H and O–H groups in total. The largest absolute Gasteiger partial charge is 0.490 e. The minimum Gasteiger partial charge on any atom is -0.490 e. The number of rotatable bonds is 0. The molecule has 0 saturated carbocycles. The Bertz CT molecular complexity index is 301. The molecule has 0 unspecified atom stereocenters. The van der Waals surface area contributed by atoms with Gasteiger partial charge in [-0.2, -0.15) is 0 Å². The van der Waals surface area contributed by atoms with Gasteiger partial charge in [-0.3, -0.25) is 0 Å². The molecule has 0 aromatic heterocycles. The quantitative estimate of drug-likeness (QED) is 0.733. The number of ether oxygens (including phenoxy) is 1. The molecule has 0 aliphatic carbocycles. The van der Waals surface area contributed by atoms with Crippen LogP contribution >= 0.6 is 15.9 Å². The Hall–Kier alpha value is -0.540. The van der Waals surface area contributed by atoms with Gasteiger partial charge in [-0.15, -0.1) is 0 Å². The van der Waals surface area contributed by atoms with Crippen molar-refractivity contribution in [3.05, 3.63) is 28.2 Å². The van der Waals surface area contributed by atoms with Gasteiger partial charge in [-0.25, -0.2) is 0 Å². The Labute approximate surface area is 79.8 Å². The van der Waals surface area contributed by atoms with Gasteiger partial charge in [0.05, 0.1) is 4.47 Å². The van der Waals surface area contributed by atoms with Gasteiger partial charge < -0.3 is 10.5 Å². The Morgan fingerprint density at radius 1 is 1.50 bits per heavy atom. The lowest BCUT2D eigenvalue weighted by Crippen LogP contribution is -2.33. The SMILES string of the molecule is N[C@@H]1COc2c(Br)cccc2C1. The molecule has 1 heterocycles. The lowest BCUT2D eigenvalue weighted by atomic mass is 10.0. The molecular formula is C9H10BrNO. The number of hydrogen-bond donors (Lipinski definition) is 1. The maximum atomic E-state index is 5.76. The van der Waals surface area contributed by atoms with Crippen LogP contribution in [0.2, 0.25) is 0 Å². The summed E-state index contributed by atoms with van der Waals surface area (Å²) in [5.74, 6) is 0.958. The predicted octanol–water partition coefficient (Wildman–Crippen LogP) is 1.71. The van der Waals surface area contributed by atoms with Crippen molar-refractivity contribution >= 4 is 15.9 Å². The predicted molar refractivity (Wildman–Crippen MR) is 51.3 cm³/mol. The van der Waals surface area contributed by atoms with Gasteiger partial charge in [0.1, 0.15) is 12.4 Å². The van der Waals surface area contributed by atoms with Gasteiger partial charge in [0.25, 0.3) is 0 Å². The third-order valence-corrected chi connectivity index (χ3v) is 2.60. The summed E-state index contributed by atoms with van der Waals surface area (Å²) in [5, 5.41) is 0. The first-order chi connectivity index (χ1) is 5.77. The van der Waals surface area contributed by atoms with Crippen molar-refractivity contribution < 1.29 is 4.74 Å². The van der Waals surface area contributed by atoms with Crippen molar-refractivity contribution in [3.8, 4) is 5.75 Å². The zero-order valence-electron chi connectivity index (χ0n) is 6.59. The molecule has 2 nitrogen and oxygen atoms in total. The van der Waals surface area contributed by atoms with Crippen LogP contribution in [0.1, 0.15) is 5.56 Å². The van der Waals surface area contributed by atoms with Crippen LogP contribution in [0, 0.1) is 0 Å². The van der Waals surface area contributed by atoms with Gasteiger partial charge in [0.2, 0.25) is 0 Å². The monoisotopic (exact) mass is 227 g/mol. The molecule has 1 atom stereocenters. The third-order valence-electron chi connectivity index (χ3n) is 1.97. The summed E-state index contributed by atoms with van der Waals surface area (Å²) in [5.41, 5.74) is 6.96. The molecule has 0 saturated heterocycles. The highest BCUT2D eigenvalue weighted by atomic mass is 79.9. The summed E-state index contributed by atoms with van der Waals surface area (Å²) < 4.78 is 6.51. The van der Waals surface area contributed by atoms with Crippen LogP contribution in [-0.2, 0) is 6.42 Å². The Balaban J connectivity index is 2.42. The first-order valence-corrected chi connectivity index (χ1v) is 4.72. The van der Waals surface area contributed by atoms with Crippen LogP contribution in [0.3, 0.4) is 0 Å². The fourth-order valence-corrected chi connectivity index (χ4v) is 1.93. The molecule has 0 amide bonds. The molecular weight excluding hydrogens is 218 g/mol. The van der Waals surface area contributed by atoms with E-state index in [0.717, 1.165) is 16.6 Å². The molecule has 2 rings (SSSR count). The normalized spacial score (nSPS) is 21.3. The number of para-hydroxylation sites is 1. The number of halogens is 1. The van der Waals surface area contributed by atoms with E-state index in [1.807, 2.05) is 12.1 Å². The van der Waals surface area contributed by atoms with Crippen molar-refractivity contribution in [1.82, 2.24) is 0 Å². The van der Waals surface area contributed by atoms with E-state index in [9.17, 15) is 0 Å². The minimum atomic E-state index is 0.145. The van der Waals surface area contributed by atoms with Crippen molar-refractivity contribution in [2.45, 2.75) is 12.5 Å². The number of hydrogen-bond acceptors (Lipinski definition) is 2. The van der Waals surface area contributed by atoms with E-state index in [1.165, 1.54) is 5.56 Å². The lowest BCUT2D eigenvalue weighted by molar-refractivity contribution is 0.262. The number of benzene rings is 1. The second-order valence-electron chi connectivity index (χ2n) is 3.00. The summed E-state index contributed by atoms with van der Waals surface area (Å²) in [4.78, 5) is 0. The van der Waals surface area contributed by atoms with Gasteiger partial charge in [0.15, 0.2) is 0 Å². The molecule has 12 heavy (non-hydrogen) atoms.